The Morgan fingerprint density at radius 3 is 2.67 bits per heavy atom. The van der Waals surface area contributed by atoms with Crippen LogP contribution in [-0.2, 0) is 0 Å². The first-order chi connectivity index (χ1) is 14.4. The van der Waals surface area contributed by atoms with Gasteiger partial charge in [0.1, 0.15) is 17.0 Å². The van der Waals surface area contributed by atoms with Gasteiger partial charge in [0.2, 0.25) is 0 Å². The molecular formula is C22H22ClF2N3O2. The largest absolute Gasteiger partial charge is 0.435 e. The first-order valence-corrected chi connectivity index (χ1v) is 10.4. The number of aromatic nitrogens is 3. The van der Waals surface area contributed by atoms with Gasteiger partial charge in [-0.25, -0.2) is 9.97 Å². The van der Waals surface area contributed by atoms with Gasteiger partial charge in [-0.2, -0.15) is 8.78 Å². The Hall–Kier alpha value is -2.54. The van der Waals surface area contributed by atoms with Crippen LogP contribution >= 0.6 is 11.6 Å². The van der Waals surface area contributed by atoms with E-state index in [0.29, 0.717) is 33.9 Å². The summed E-state index contributed by atoms with van der Waals surface area (Å²) in [6.07, 6.45) is 5.71. The maximum Gasteiger partial charge on any atom is 0.387 e. The van der Waals surface area contributed by atoms with Gasteiger partial charge in [-0.3, -0.25) is 9.36 Å². The van der Waals surface area contributed by atoms with Crippen LogP contribution in [0.3, 0.4) is 0 Å². The van der Waals surface area contributed by atoms with Crippen LogP contribution in [-0.4, -0.2) is 21.1 Å². The van der Waals surface area contributed by atoms with Gasteiger partial charge in [0.05, 0.1) is 5.02 Å². The molecule has 0 unspecified atom stereocenters. The fraction of sp³-hybridized carbons (Fsp3) is 0.409. The molecule has 0 amide bonds. The standard InChI is InChI=1S/C22H22ClF2N3O2/c1-3-4-18(13-5-6-13)28-20-19(27-12(2)21(28)29)16(9-10-26-20)15-8-7-14(11-17(15)23)30-22(24)25/h7-11,13,18,22H,3-6H2,1-2H3/t18-/m1/s1. The minimum Gasteiger partial charge on any atom is -0.435 e. The fourth-order valence-electron chi connectivity index (χ4n) is 3.98. The van der Waals surface area contributed by atoms with E-state index in [9.17, 15) is 13.6 Å². The predicted molar refractivity (Wildman–Crippen MR) is 112 cm³/mol. The Labute approximate surface area is 177 Å². The fourth-order valence-corrected chi connectivity index (χ4v) is 4.26. The van der Waals surface area contributed by atoms with Crippen LogP contribution in [0.25, 0.3) is 22.3 Å². The first kappa shape index (κ1) is 20.7. The molecule has 0 spiro atoms. The van der Waals surface area contributed by atoms with Crippen LogP contribution < -0.4 is 10.3 Å². The zero-order valence-electron chi connectivity index (χ0n) is 16.7. The van der Waals surface area contributed by atoms with Gasteiger partial charge in [-0.1, -0.05) is 24.9 Å². The molecule has 158 valence electrons. The summed E-state index contributed by atoms with van der Waals surface area (Å²) in [6, 6.07) is 6.26. The van der Waals surface area contributed by atoms with E-state index in [1.165, 1.54) is 12.1 Å². The molecule has 3 aromatic rings. The highest BCUT2D eigenvalue weighted by atomic mass is 35.5. The lowest BCUT2D eigenvalue weighted by atomic mass is 10.0. The van der Waals surface area contributed by atoms with Crippen molar-refractivity contribution >= 4 is 22.8 Å². The van der Waals surface area contributed by atoms with E-state index in [-0.39, 0.29) is 22.4 Å². The predicted octanol–water partition coefficient (Wildman–Crippen LogP) is 5.77. The molecule has 1 aromatic carbocycles. The summed E-state index contributed by atoms with van der Waals surface area (Å²) in [4.78, 5) is 22.1. The van der Waals surface area contributed by atoms with Gasteiger partial charge >= 0.3 is 6.61 Å². The molecule has 8 heteroatoms. The number of rotatable bonds is 7. The Morgan fingerprint density at radius 1 is 1.27 bits per heavy atom. The number of pyridine rings is 1. The zero-order valence-corrected chi connectivity index (χ0v) is 17.5. The van der Waals surface area contributed by atoms with Crippen LogP contribution in [0.4, 0.5) is 8.78 Å². The van der Waals surface area contributed by atoms with Crippen molar-refractivity contribution in [3.63, 3.8) is 0 Å². The van der Waals surface area contributed by atoms with Gasteiger partial charge in [-0.05, 0) is 56.4 Å². The van der Waals surface area contributed by atoms with E-state index in [0.717, 1.165) is 25.7 Å². The van der Waals surface area contributed by atoms with Crippen molar-refractivity contribution < 1.29 is 13.5 Å². The van der Waals surface area contributed by atoms with Crippen molar-refractivity contribution in [2.24, 2.45) is 5.92 Å². The molecule has 0 saturated heterocycles. The molecule has 0 N–H and O–H groups in total. The van der Waals surface area contributed by atoms with Gasteiger partial charge in [0.25, 0.3) is 5.56 Å². The summed E-state index contributed by atoms with van der Waals surface area (Å²) < 4.78 is 31.2. The highest BCUT2D eigenvalue weighted by molar-refractivity contribution is 6.33. The SMILES string of the molecule is CCC[C@H](C1CC1)n1c(=O)c(C)nc2c(-c3ccc(OC(F)F)cc3Cl)ccnc21. The van der Waals surface area contributed by atoms with Crippen LogP contribution in [0.2, 0.25) is 5.02 Å². The second-order valence-electron chi connectivity index (χ2n) is 7.62. The Morgan fingerprint density at radius 2 is 2.03 bits per heavy atom. The molecule has 2 heterocycles. The van der Waals surface area contributed by atoms with Gasteiger partial charge in [0.15, 0.2) is 5.65 Å². The maximum absolute atomic E-state index is 13.0. The maximum atomic E-state index is 13.0. The third-order valence-electron chi connectivity index (χ3n) is 5.48. The topological polar surface area (TPSA) is 57.0 Å². The third kappa shape index (κ3) is 3.90. The molecule has 1 aliphatic rings. The molecule has 1 fully saturated rings. The van der Waals surface area contributed by atoms with Crippen molar-refractivity contribution in [2.75, 3.05) is 0 Å². The Kier molecular flexibility index (Phi) is 5.73. The van der Waals surface area contributed by atoms with Crippen molar-refractivity contribution in [2.45, 2.75) is 52.2 Å². The van der Waals surface area contributed by atoms with E-state index in [1.807, 2.05) is 0 Å². The third-order valence-corrected chi connectivity index (χ3v) is 5.79. The van der Waals surface area contributed by atoms with Gasteiger partial charge in [-0.15, -0.1) is 0 Å². The smallest absolute Gasteiger partial charge is 0.387 e. The van der Waals surface area contributed by atoms with E-state index >= 15 is 0 Å². The molecule has 0 bridgehead atoms. The molecule has 4 rings (SSSR count). The average molecular weight is 434 g/mol. The minimum absolute atomic E-state index is 0.0186. The molecule has 1 aliphatic carbocycles. The second-order valence-corrected chi connectivity index (χ2v) is 8.02. The van der Waals surface area contributed by atoms with Gasteiger partial charge in [0, 0.05) is 23.4 Å². The number of fused-ring (bicyclic) bond motifs is 1. The van der Waals surface area contributed by atoms with Crippen molar-refractivity contribution in [1.82, 2.24) is 14.5 Å². The number of benzene rings is 1. The Bertz CT molecular complexity index is 1150. The summed E-state index contributed by atoms with van der Waals surface area (Å²) >= 11 is 6.39. The summed E-state index contributed by atoms with van der Waals surface area (Å²) in [5.41, 5.74) is 2.67. The quantitative estimate of drug-likeness (QED) is 0.474. The highest BCUT2D eigenvalue weighted by Gasteiger charge is 2.34. The number of aryl methyl sites for hydroxylation is 1. The van der Waals surface area contributed by atoms with E-state index in [1.54, 1.807) is 29.8 Å². The number of hydrogen-bond acceptors (Lipinski definition) is 4. The average Bonchev–Trinajstić information content (AvgIpc) is 3.52. The number of nitrogens with zero attached hydrogens (tertiary/aromatic N) is 3. The molecule has 30 heavy (non-hydrogen) atoms. The van der Waals surface area contributed by atoms with Crippen molar-refractivity contribution in [3.05, 3.63) is 51.5 Å². The van der Waals surface area contributed by atoms with E-state index in [2.05, 4.69) is 21.6 Å². The number of halogens is 3. The summed E-state index contributed by atoms with van der Waals surface area (Å²) in [6.45, 7) is 0.884. The van der Waals surface area contributed by atoms with Crippen LogP contribution in [0.1, 0.15) is 44.3 Å². The van der Waals surface area contributed by atoms with Crippen LogP contribution in [0, 0.1) is 12.8 Å². The molecule has 1 atom stereocenters. The molecule has 0 radical (unpaired) electrons. The highest BCUT2D eigenvalue weighted by Crippen LogP contribution is 2.43. The van der Waals surface area contributed by atoms with Crippen LogP contribution in [0.5, 0.6) is 5.75 Å². The lowest BCUT2D eigenvalue weighted by Crippen LogP contribution is -2.30. The summed E-state index contributed by atoms with van der Waals surface area (Å²) in [5, 5.41) is 0.255. The van der Waals surface area contributed by atoms with E-state index < -0.39 is 6.61 Å². The van der Waals surface area contributed by atoms with E-state index in [4.69, 9.17) is 11.6 Å². The number of ether oxygens (including phenoxy) is 1. The Balaban J connectivity index is 1.90. The van der Waals surface area contributed by atoms with Gasteiger partial charge < -0.3 is 4.74 Å². The van der Waals surface area contributed by atoms with Crippen LogP contribution in [0.15, 0.2) is 35.3 Å². The summed E-state index contributed by atoms with van der Waals surface area (Å²) in [7, 11) is 0. The lowest BCUT2D eigenvalue weighted by Gasteiger charge is -2.22. The molecule has 5 nitrogen and oxygen atoms in total. The lowest BCUT2D eigenvalue weighted by molar-refractivity contribution is -0.0498. The number of alkyl halides is 2. The molecular weight excluding hydrogens is 412 g/mol. The zero-order chi connectivity index (χ0) is 21.4. The molecule has 0 aliphatic heterocycles. The van der Waals surface area contributed by atoms with Crippen molar-refractivity contribution in [1.29, 1.82) is 0 Å². The second kappa shape index (κ2) is 8.30. The normalized spacial score (nSPS) is 15.0. The number of hydrogen-bond donors (Lipinski definition) is 0. The molecule has 1 saturated carbocycles. The minimum atomic E-state index is -2.93. The van der Waals surface area contributed by atoms with Crippen molar-refractivity contribution in [3.8, 4) is 16.9 Å². The summed E-state index contributed by atoms with van der Waals surface area (Å²) in [5.74, 6) is 0.461. The molecule has 2 aromatic heterocycles. The first-order valence-electron chi connectivity index (χ1n) is 10.0. The monoisotopic (exact) mass is 433 g/mol.